The van der Waals surface area contributed by atoms with E-state index in [0.29, 0.717) is 25.1 Å². The van der Waals surface area contributed by atoms with E-state index in [1.807, 2.05) is 13.8 Å². The van der Waals surface area contributed by atoms with Gasteiger partial charge >= 0.3 is 0 Å². The van der Waals surface area contributed by atoms with Crippen molar-refractivity contribution in [1.82, 2.24) is 9.62 Å². The smallest absolute Gasteiger partial charge is 0.243 e. The minimum Gasteiger partial charge on any atom is -0.497 e. The molecule has 1 atom stereocenters. The van der Waals surface area contributed by atoms with Crippen LogP contribution in [-0.2, 0) is 14.8 Å². The Morgan fingerprint density at radius 1 is 1.29 bits per heavy atom. The van der Waals surface area contributed by atoms with Crippen LogP contribution in [0.15, 0.2) is 29.2 Å². The first-order valence-corrected chi connectivity index (χ1v) is 9.84. The fourth-order valence-corrected chi connectivity index (χ4v) is 4.62. The van der Waals surface area contributed by atoms with Gasteiger partial charge < -0.3 is 10.1 Å². The summed E-state index contributed by atoms with van der Waals surface area (Å²) in [5.74, 6) is 0.400. The Morgan fingerprint density at radius 3 is 2.46 bits per heavy atom. The van der Waals surface area contributed by atoms with Gasteiger partial charge in [-0.25, -0.2) is 8.42 Å². The maximum absolute atomic E-state index is 12.9. The molecule has 1 fully saturated rings. The molecule has 0 unspecified atom stereocenters. The van der Waals surface area contributed by atoms with Gasteiger partial charge in [-0.15, -0.1) is 0 Å². The first-order chi connectivity index (χ1) is 11.4. The van der Waals surface area contributed by atoms with Crippen molar-refractivity contribution < 1.29 is 17.9 Å². The molecule has 0 bridgehead atoms. The number of carbonyl (C=O) groups excluding carboxylic acids is 1. The highest BCUT2D eigenvalue weighted by Gasteiger charge is 2.39. The number of sulfonamides is 1. The Bertz CT molecular complexity index is 654. The van der Waals surface area contributed by atoms with Crippen LogP contribution in [0, 0.1) is 0 Å². The van der Waals surface area contributed by atoms with Crippen LogP contribution in [0.5, 0.6) is 5.75 Å². The van der Waals surface area contributed by atoms with E-state index in [1.165, 1.54) is 23.5 Å². The molecule has 1 aliphatic rings. The SMILES string of the molecule is CCC(CC)NC(=O)[C@@H]1CCCN1S(=O)(=O)c1ccc(OC)cc1. The lowest BCUT2D eigenvalue weighted by Gasteiger charge is -2.25. The third kappa shape index (κ3) is 3.89. The zero-order valence-corrected chi connectivity index (χ0v) is 15.3. The van der Waals surface area contributed by atoms with Crippen LogP contribution < -0.4 is 10.1 Å². The maximum Gasteiger partial charge on any atom is 0.243 e. The van der Waals surface area contributed by atoms with Gasteiger partial charge in [0.2, 0.25) is 15.9 Å². The van der Waals surface area contributed by atoms with Crippen molar-refractivity contribution >= 4 is 15.9 Å². The van der Waals surface area contributed by atoms with E-state index in [0.717, 1.165) is 12.8 Å². The van der Waals surface area contributed by atoms with Crippen LogP contribution in [0.2, 0.25) is 0 Å². The van der Waals surface area contributed by atoms with E-state index < -0.39 is 16.1 Å². The summed E-state index contributed by atoms with van der Waals surface area (Å²) in [5, 5.41) is 2.97. The number of nitrogens with one attached hydrogen (secondary N) is 1. The second-order valence-electron chi connectivity index (χ2n) is 5.97. The van der Waals surface area contributed by atoms with Crippen molar-refractivity contribution in [2.24, 2.45) is 0 Å². The molecular formula is C17H26N2O4S. The molecule has 134 valence electrons. The summed E-state index contributed by atoms with van der Waals surface area (Å²) in [6.45, 7) is 4.39. The Labute approximate surface area is 144 Å². The Kier molecular flexibility index (Phi) is 6.23. The molecule has 0 saturated carbocycles. The number of benzene rings is 1. The third-order valence-electron chi connectivity index (χ3n) is 4.50. The van der Waals surface area contributed by atoms with Gasteiger partial charge in [-0.05, 0) is 49.9 Å². The lowest BCUT2D eigenvalue weighted by Crippen LogP contribution is -2.48. The van der Waals surface area contributed by atoms with Gasteiger partial charge in [-0.2, -0.15) is 4.31 Å². The highest BCUT2D eigenvalue weighted by Crippen LogP contribution is 2.27. The van der Waals surface area contributed by atoms with E-state index >= 15 is 0 Å². The van der Waals surface area contributed by atoms with Gasteiger partial charge in [0.1, 0.15) is 11.8 Å². The second kappa shape index (κ2) is 7.98. The predicted octanol–water partition coefficient (Wildman–Crippen LogP) is 2.15. The van der Waals surface area contributed by atoms with Gasteiger partial charge in [-0.1, -0.05) is 13.8 Å². The minimum atomic E-state index is -3.69. The van der Waals surface area contributed by atoms with Gasteiger partial charge in [0.25, 0.3) is 0 Å². The number of ether oxygens (including phenoxy) is 1. The summed E-state index contributed by atoms with van der Waals surface area (Å²) in [6, 6.07) is 5.72. The number of hydrogen-bond donors (Lipinski definition) is 1. The molecule has 1 saturated heterocycles. The summed E-state index contributed by atoms with van der Waals surface area (Å²) in [4.78, 5) is 12.7. The van der Waals surface area contributed by atoms with Crippen molar-refractivity contribution in [3.8, 4) is 5.75 Å². The van der Waals surface area contributed by atoms with Crippen LogP contribution in [-0.4, -0.2) is 44.4 Å². The number of methoxy groups -OCH3 is 1. The maximum atomic E-state index is 12.9. The highest BCUT2D eigenvalue weighted by molar-refractivity contribution is 7.89. The topological polar surface area (TPSA) is 75.7 Å². The molecule has 1 aliphatic heterocycles. The standard InChI is InChI=1S/C17H26N2O4S/c1-4-13(5-2)18-17(20)16-7-6-12-19(16)24(21,22)15-10-8-14(23-3)9-11-15/h8-11,13,16H,4-7,12H2,1-3H3,(H,18,20)/t16-/m0/s1. The summed E-state index contributed by atoms with van der Waals surface area (Å²) in [5.41, 5.74) is 0. The first kappa shape index (κ1) is 18.7. The lowest BCUT2D eigenvalue weighted by atomic mass is 10.1. The largest absolute Gasteiger partial charge is 0.497 e. The molecule has 2 rings (SSSR count). The minimum absolute atomic E-state index is 0.0867. The van der Waals surface area contributed by atoms with Crippen LogP contribution in [0.25, 0.3) is 0 Å². The Balaban J connectivity index is 2.20. The van der Waals surface area contributed by atoms with Crippen LogP contribution >= 0.6 is 0 Å². The quantitative estimate of drug-likeness (QED) is 0.814. The van der Waals surface area contributed by atoms with E-state index in [1.54, 1.807) is 12.1 Å². The molecule has 0 spiro atoms. The number of carbonyl (C=O) groups is 1. The molecule has 0 radical (unpaired) electrons. The van der Waals surface area contributed by atoms with Crippen molar-refractivity contribution in [3.63, 3.8) is 0 Å². The second-order valence-corrected chi connectivity index (χ2v) is 7.86. The van der Waals surface area contributed by atoms with Crippen molar-refractivity contribution in [2.45, 2.75) is 56.5 Å². The third-order valence-corrected chi connectivity index (χ3v) is 6.43. The zero-order valence-electron chi connectivity index (χ0n) is 14.5. The summed E-state index contributed by atoms with van der Waals surface area (Å²) >= 11 is 0. The molecule has 0 aromatic heterocycles. The average molecular weight is 354 g/mol. The molecule has 1 heterocycles. The molecule has 1 amide bonds. The number of rotatable bonds is 7. The summed E-state index contributed by atoms with van der Waals surface area (Å²) in [7, 11) is -2.16. The summed E-state index contributed by atoms with van der Waals surface area (Å²) in [6.07, 6.45) is 2.91. The predicted molar refractivity (Wildman–Crippen MR) is 92.4 cm³/mol. The molecule has 24 heavy (non-hydrogen) atoms. The van der Waals surface area contributed by atoms with Gasteiger partial charge in [0, 0.05) is 12.6 Å². The van der Waals surface area contributed by atoms with Gasteiger partial charge in [0.15, 0.2) is 0 Å². The molecule has 1 N–H and O–H groups in total. The van der Waals surface area contributed by atoms with E-state index in [-0.39, 0.29) is 16.8 Å². The molecule has 0 aliphatic carbocycles. The lowest BCUT2D eigenvalue weighted by molar-refractivity contribution is -0.125. The molecule has 7 heteroatoms. The van der Waals surface area contributed by atoms with Crippen molar-refractivity contribution in [1.29, 1.82) is 0 Å². The van der Waals surface area contributed by atoms with E-state index in [4.69, 9.17) is 4.74 Å². The van der Waals surface area contributed by atoms with Crippen molar-refractivity contribution in [2.75, 3.05) is 13.7 Å². The highest BCUT2D eigenvalue weighted by atomic mass is 32.2. The molecule has 6 nitrogen and oxygen atoms in total. The zero-order chi connectivity index (χ0) is 17.7. The Hall–Kier alpha value is -1.60. The van der Waals surface area contributed by atoms with Crippen molar-refractivity contribution in [3.05, 3.63) is 24.3 Å². The molecular weight excluding hydrogens is 328 g/mol. The molecule has 1 aromatic carbocycles. The monoisotopic (exact) mass is 354 g/mol. The summed E-state index contributed by atoms with van der Waals surface area (Å²) < 4.78 is 32.1. The normalized spacial score (nSPS) is 18.8. The van der Waals surface area contributed by atoms with Gasteiger partial charge in [-0.3, -0.25) is 4.79 Å². The van der Waals surface area contributed by atoms with Crippen LogP contribution in [0.1, 0.15) is 39.5 Å². The van der Waals surface area contributed by atoms with Gasteiger partial charge in [0.05, 0.1) is 12.0 Å². The van der Waals surface area contributed by atoms with Crippen LogP contribution in [0.4, 0.5) is 0 Å². The number of hydrogen-bond acceptors (Lipinski definition) is 4. The number of amides is 1. The van der Waals surface area contributed by atoms with Crippen LogP contribution in [0.3, 0.4) is 0 Å². The van der Waals surface area contributed by atoms with E-state index in [2.05, 4.69) is 5.32 Å². The average Bonchev–Trinajstić information content (AvgIpc) is 3.10. The molecule has 1 aromatic rings. The fourth-order valence-electron chi connectivity index (χ4n) is 2.96. The van der Waals surface area contributed by atoms with E-state index in [9.17, 15) is 13.2 Å². The fraction of sp³-hybridized carbons (Fsp3) is 0.588. The Morgan fingerprint density at radius 2 is 1.92 bits per heavy atom. The first-order valence-electron chi connectivity index (χ1n) is 8.40. The number of nitrogens with zero attached hydrogens (tertiary/aromatic N) is 1.